The van der Waals surface area contributed by atoms with Crippen LogP contribution in [-0.4, -0.2) is 24.7 Å². The predicted octanol–water partition coefficient (Wildman–Crippen LogP) is 2.02. The van der Waals surface area contributed by atoms with E-state index in [4.69, 9.17) is 4.74 Å². The molecule has 0 saturated carbocycles. The molecule has 2 nitrogen and oxygen atoms in total. The Labute approximate surface area is 75.5 Å². The van der Waals surface area contributed by atoms with Crippen LogP contribution in [0.4, 0.5) is 0 Å². The molecule has 0 aliphatic rings. The first-order valence-corrected chi connectivity index (χ1v) is 5.93. The van der Waals surface area contributed by atoms with Gasteiger partial charge in [0.1, 0.15) is 0 Å². The molecule has 1 N–H and O–H groups in total. The highest BCUT2D eigenvalue weighted by Crippen LogP contribution is 2.35. The maximum atomic E-state index is 9.43. The summed E-state index contributed by atoms with van der Waals surface area (Å²) in [6, 6.07) is 5.56. The van der Waals surface area contributed by atoms with E-state index in [9.17, 15) is 5.11 Å². The summed E-state index contributed by atoms with van der Waals surface area (Å²) in [6.07, 6.45) is 4.30. The van der Waals surface area contributed by atoms with Gasteiger partial charge in [0.25, 0.3) is 0 Å². The lowest BCUT2D eigenvalue weighted by Crippen LogP contribution is -1.84. The van der Waals surface area contributed by atoms with Gasteiger partial charge in [-0.15, -0.1) is 0 Å². The fourth-order valence-corrected chi connectivity index (χ4v) is 1.71. The third-order valence-electron chi connectivity index (χ3n) is 1.68. The molecule has 0 bridgehead atoms. The molecule has 0 fully saturated rings. The van der Waals surface area contributed by atoms with E-state index in [1.807, 2.05) is 6.07 Å². The highest BCUT2D eigenvalue weighted by atomic mass is 32.2. The second-order valence-electron chi connectivity index (χ2n) is 2.75. The number of benzene rings is 1. The van der Waals surface area contributed by atoms with Gasteiger partial charge in [0, 0.05) is 0 Å². The number of hydrogen-bond acceptors (Lipinski definition) is 2. The lowest BCUT2D eigenvalue weighted by Gasteiger charge is -2.11. The lowest BCUT2D eigenvalue weighted by atomic mass is 10.3. The minimum absolute atomic E-state index is 0.145. The quantitative estimate of drug-likeness (QED) is 0.692. The number of hydrogen-bond donors (Lipinski definition) is 2. The van der Waals surface area contributed by atoms with E-state index < -0.39 is 0 Å². The lowest BCUT2D eigenvalue weighted by molar-refractivity contribution is 0.372. The normalized spacial score (nSPS) is 11.1. The van der Waals surface area contributed by atoms with E-state index in [2.05, 4.69) is 12.5 Å². The molecule has 0 aliphatic carbocycles. The molecule has 68 valence electrons. The Morgan fingerprint density at radius 2 is 2.00 bits per heavy atom. The molecule has 0 amide bonds. The maximum absolute atomic E-state index is 9.43. The van der Waals surface area contributed by atoms with Crippen LogP contribution in [0.5, 0.6) is 11.5 Å². The fourth-order valence-electron chi connectivity index (χ4n) is 0.957. The topological polar surface area (TPSA) is 29.5 Å². The number of thiol groups is 1. The zero-order chi connectivity index (χ0) is 9.14. The van der Waals surface area contributed by atoms with E-state index in [1.54, 1.807) is 19.2 Å². The number of aromatic hydroxyl groups is 1. The molecule has 12 heavy (non-hydrogen) atoms. The van der Waals surface area contributed by atoms with Gasteiger partial charge in [-0.05, 0) is 35.6 Å². The van der Waals surface area contributed by atoms with Gasteiger partial charge in [-0.3, -0.25) is 0 Å². The SMILES string of the molecule is COc1ccc([SH](C)C)cc1O. The van der Waals surface area contributed by atoms with E-state index in [1.165, 1.54) is 4.90 Å². The minimum atomic E-state index is -0.145. The van der Waals surface area contributed by atoms with Crippen LogP contribution in [0.25, 0.3) is 0 Å². The molecule has 0 heterocycles. The van der Waals surface area contributed by atoms with Crippen LogP contribution in [0.1, 0.15) is 0 Å². The maximum Gasteiger partial charge on any atom is 0.160 e. The minimum Gasteiger partial charge on any atom is -0.504 e. The van der Waals surface area contributed by atoms with Crippen molar-refractivity contribution in [2.24, 2.45) is 0 Å². The predicted molar refractivity (Wildman–Crippen MR) is 53.8 cm³/mol. The van der Waals surface area contributed by atoms with Crippen molar-refractivity contribution >= 4 is 10.9 Å². The van der Waals surface area contributed by atoms with Crippen LogP contribution in [-0.2, 0) is 0 Å². The van der Waals surface area contributed by atoms with Crippen molar-refractivity contribution in [3.63, 3.8) is 0 Å². The third-order valence-corrected chi connectivity index (χ3v) is 2.99. The summed E-state index contributed by atoms with van der Waals surface area (Å²) in [5.41, 5.74) is 0. The molecule has 0 spiro atoms. The number of ether oxygens (including phenoxy) is 1. The first kappa shape index (κ1) is 9.26. The third kappa shape index (κ3) is 1.85. The largest absolute Gasteiger partial charge is 0.504 e. The van der Waals surface area contributed by atoms with Crippen LogP contribution < -0.4 is 4.74 Å². The van der Waals surface area contributed by atoms with Crippen molar-refractivity contribution in [1.82, 2.24) is 0 Å². The number of phenolic OH excluding ortho intramolecular Hbond substituents is 1. The summed E-state index contributed by atoms with van der Waals surface area (Å²) in [6.45, 7) is 0. The second-order valence-corrected chi connectivity index (χ2v) is 5.06. The van der Waals surface area contributed by atoms with Gasteiger partial charge in [0.2, 0.25) is 0 Å². The summed E-state index contributed by atoms with van der Waals surface area (Å²) in [5, 5.41) is 9.43. The van der Waals surface area contributed by atoms with Gasteiger partial charge in [0.15, 0.2) is 11.5 Å². The summed E-state index contributed by atoms with van der Waals surface area (Å²) >= 11 is 0. The van der Waals surface area contributed by atoms with Crippen molar-refractivity contribution in [2.45, 2.75) is 4.90 Å². The second kappa shape index (κ2) is 3.72. The van der Waals surface area contributed by atoms with Crippen LogP contribution in [0, 0.1) is 0 Å². The molecule has 0 aliphatic heterocycles. The average molecular weight is 186 g/mol. The Hall–Kier alpha value is -0.830. The Morgan fingerprint density at radius 1 is 1.33 bits per heavy atom. The molecule has 0 unspecified atom stereocenters. The molecule has 1 aromatic carbocycles. The molecular weight excluding hydrogens is 172 g/mol. The highest BCUT2D eigenvalue weighted by molar-refractivity contribution is 8.15. The molecule has 0 saturated heterocycles. The van der Waals surface area contributed by atoms with Crippen molar-refractivity contribution in [3.05, 3.63) is 18.2 Å². The van der Waals surface area contributed by atoms with Crippen LogP contribution in [0.15, 0.2) is 23.1 Å². The fraction of sp³-hybridized carbons (Fsp3) is 0.333. The van der Waals surface area contributed by atoms with Gasteiger partial charge in [0.05, 0.1) is 7.11 Å². The molecular formula is C9H14O2S. The van der Waals surface area contributed by atoms with Gasteiger partial charge < -0.3 is 9.84 Å². The van der Waals surface area contributed by atoms with Crippen molar-refractivity contribution in [2.75, 3.05) is 19.6 Å². The Kier molecular flexibility index (Phi) is 2.87. The van der Waals surface area contributed by atoms with Gasteiger partial charge >= 0.3 is 0 Å². The summed E-state index contributed by atoms with van der Waals surface area (Å²) in [7, 11) is 1.41. The smallest absolute Gasteiger partial charge is 0.160 e. The first-order chi connectivity index (χ1) is 5.65. The summed E-state index contributed by atoms with van der Waals surface area (Å²) in [5.74, 6) is 0.766. The molecule has 1 aromatic rings. The number of rotatable bonds is 2. The van der Waals surface area contributed by atoms with Crippen LogP contribution in [0.2, 0.25) is 0 Å². The Morgan fingerprint density at radius 3 is 2.42 bits per heavy atom. The molecule has 1 rings (SSSR count). The van der Waals surface area contributed by atoms with Gasteiger partial charge in [-0.1, -0.05) is 0 Å². The van der Waals surface area contributed by atoms with Gasteiger partial charge in [-0.25, -0.2) is 10.9 Å². The monoisotopic (exact) mass is 186 g/mol. The number of methoxy groups -OCH3 is 1. The Bertz CT molecular complexity index is 271. The first-order valence-electron chi connectivity index (χ1n) is 3.69. The Balaban J connectivity index is 3.02. The number of phenols is 1. The van der Waals surface area contributed by atoms with E-state index in [0.29, 0.717) is 5.75 Å². The van der Waals surface area contributed by atoms with Crippen LogP contribution >= 0.6 is 10.9 Å². The van der Waals surface area contributed by atoms with Gasteiger partial charge in [-0.2, -0.15) is 0 Å². The highest BCUT2D eigenvalue weighted by Gasteiger charge is 2.02. The summed E-state index contributed by atoms with van der Waals surface area (Å²) < 4.78 is 4.94. The molecule has 0 aromatic heterocycles. The zero-order valence-electron chi connectivity index (χ0n) is 7.53. The standard InChI is InChI=1S/C9H14O2S/c1-11-9-5-4-7(12(2)3)6-8(9)10/h4-6,10,12H,1-3H3. The molecule has 3 heteroatoms. The van der Waals surface area contributed by atoms with Crippen LogP contribution in [0.3, 0.4) is 0 Å². The van der Waals surface area contributed by atoms with Crippen molar-refractivity contribution < 1.29 is 9.84 Å². The van der Waals surface area contributed by atoms with E-state index in [-0.39, 0.29) is 16.6 Å². The van der Waals surface area contributed by atoms with Crippen molar-refractivity contribution in [3.8, 4) is 11.5 Å². The molecule has 0 atom stereocenters. The molecule has 0 radical (unpaired) electrons. The van der Waals surface area contributed by atoms with Crippen molar-refractivity contribution in [1.29, 1.82) is 0 Å². The average Bonchev–Trinajstić information content (AvgIpc) is 2.04. The van der Waals surface area contributed by atoms with E-state index in [0.717, 1.165) is 0 Å². The zero-order valence-corrected chi connectivity index (χ0v) is 8.43. The van der Waals surface area contributed by atoms with E-state index >= 15 is 0 Å². The summed E-state index contributed by atoms with van der Waals surface area (Å²) in [4.78, 5) is 1.18.